The van der Waals surface area contributed by atoms with Gasteiger partial charge in [0, 0.05) is 5.39 Å². The molecular weight excluding hydrogens is 284 g/mol. The van der Waals surface area contributed by atoms with Crippen molar-refractivity contribution in [1.29, 1.82) is 0 Å². The van der Waals surface area contributed by atoms with E-state index < -0.39 is 9.33 Å². The maximum atomic E-state index is 11.1. The van der Waals surface area contributed by atoms with E-state index >= 15 is 0 Å². The zero-order chi connectivity index (χ0) is 13.5. The van der Waals surface area contributed by atoms with Crippen LogP contribution in [-0.4, -0.2) is 8.42 Å². The van der Waals surface area contributed by atoms with E-state index in [1.54, 1.807) is 12.1 Å². The summed E-state index contributed by atoms with van der Waals surface area (Å²) in [5.74, 6) is 0.234. The zero-order valence-corrected chi connectivity index (χ0v) is 11.3. The van der Waals surface area contributed by atoms with Crippen LogP contribution < -0.4 is 4.18 Å². The summed E-state index contributed by atoms with van der Waals surface area (Å²) in [5, 5.41) is 3.71. The Kier molecular flexibility index (Phi) is 2.84. The summed E-state index contributed by atoms with van der Waals surface area (Å²) >= 11 is 0. The van der Waals surface area contributed by atoms with Gasteiger partial charge in [0.15, 0.2) is 5.75 Å². The Labute approximate surface area is 115 Å². The van der Waals surface area contributed by atoms with E-state index in [2.05, 4.69) is 0 Å². The van der Waals surface area contributed by atoms with Crippen LogP contribution in [0.1, 0.15) is 0 Å². The summed E-state index contributed by atoms with van der Waals surface area (Å²) in [6.45, 7) is 0. The summed E-state index contributed by atoms with van der Waals surface area (Å²) < 4.78 is 26.9. The van der Waals surface area contributed by atoms with Crippen LogP contribution in [0.3, 0.4) is 0 Å². The minimum Gasteiger partial charge on any atom is -0.370 e. The van der Waals surface area contributed by atoms with Gasteiger partial charge in [-0.1, -0.05) is 36.4 Å². The third-order valence-electron chi connectivity index (χ3n) is 2.90. The molecule has 0 bridgehead atoms. The van der Waals surface area contributed by atoms with Crippen LogP contribution in [0.4, 0.5) is 0 Å². The van der Waals surface area contributed by atoms with Gasteiger partial charge in [-0.15, -0.1) is 0 Å². The molecule has 96 valence electrons. The Morgan fingerprint density at radius 1 is 0.842 bits per heavy atom. The first-order chi connectivity index (χ1) is 9.03. The highest BCUT2D eigenvalue weighted by atomic mass is 35.7. The van der Waals surface area contributed by atoms with Crippen molar-refractivity contribution >= 4 is 41.6 Å². The molecule has 0 atom stereocenters. The van der Waals surface area contributed by atoms with Gasteiger partial charge >= 0.3 is 9.33 Å². The topological polar surface area (TPSA) is 43.4 Å². The van der Waals surface area contributed by atoms with E-state index in [0.717, 1.165) is 16.2 Å². The molecule has 0 saturated carbocycles. The van der Waals surface area contributed by atoms with Crippen molar-refractivity contribution in [3.8, 4) is 5.75 Å². The molecule has 0 saturated heterocycles. The Morgan fingerprint density at radius 2 is 1.47 bits per heavy atom. The molecular formula is C14H9ClO3S. The zero-order valence-electron chi connectivity index (χ0n) is 9.71. The first kappa shape index (κ1) is 12.3. The van der Waals surface area contributed by atoms with Crippen molar-refractivity contribution in [1.82, 2.24) is 0 Å². The molecule has 5 heteroatoms. The van der Waals surface area contributed by atoms with Crippen LogP contribution in [0.5, 0.6) is 5.75 Å². The second-order valence-electron chi connectivity index (χ2n) is 4.15. The molecule has 3 aromatic carbocycles. The Hall–Kier alpha value is -1.78. The van der Waals surface area contributed by atoms with Gasteiger partial charge in [-0.25, -0.2) is 0 Å². The molecule has 0 aliphatic heterocycles. The number of halogens is 1. The lowest BCUT2D eigenvalue weighted by molar-refractivity contribution is 0.506. The van der Waals surface area contributed by atoms with Gasteiger partial charge in [0.25, 0.3) is 0 Å². The first-order valence-electron chi connectivity index (χ1n) is 5.58. The minimum atomic E-state index is -4.05. The third-order valence-corrected chi connectivity index (χ3v) is 3.46. The van der Waals surface area contributed by atoms with Crippen molar-refractivity contribution in [2.75, 3.05) is 0 Å². The van der Waals surface area contributed by atoms with Crippen LogP contribution in [0.25, 0.3) is 21.5 Å². The molecule has 3 nitrogen and oxygen atoms in total. The predicted molar refractivity (Wildman–Crippen MR) is 76.9 cm³/mol. The minimum absolute atomic E-state index is 0.234. The molecule has 0 aromatic heterocycles. The monoisotopic (exact) mass is 292 g/mol. The Bertz CT molecular complexity index is 872. The number of rotatable bonds is 2. The smallest absolute Gasteiger partial charge is 0.370 e. The average Bonchev–Trinajstić information content (AvgIpc) is 2.35. The molecule has 0 spiro atoms. The molecule has 3 rings (SSSR count). The van der Waals surface area contributed by atoms with Gasteiger partial charge in [0.1, 0.15) is 0 Å². The fourth-order valence-corrected chi connectivity index (χ4v) is 2.68. The van der Waals surface area contributed by atoms with Gasteiger partial charge in [-0.3, -0.25) is 0 Å². The average molecular weight is 293 g/mol. The molecule has 0 aliphatic carbocycles. The van der Waals surface area contributed by atoms with Crippen LogP contribution in [-0.2, 0) is 9.33 Å². The summed E-state index contributed by atoms with van der Waals surface area (Å²) in [5.41, 5.74) is 0. The van der Waals surface area contributed by atoms with Gasteiger partial charge in [-0.2, -0.15) is 8.42 Å². The van der Waals surface area contributed by atoms with E-state index in [1.807, 2.05) is 42.5 Å². The molecule has 0 radical (unpaired) electrons. The van der Waals surface area contributed by atoms with Crippen molar-refractivity contribution in [2.24, 2.45) is 0 Å². The predicted octanol–water partition coefficient (Wildman–Crippen LogP) is 3.86. The summed E-state index contributed by atoms with van der Waals surface area (Å²) in [4.78, 5) is 0. The lowest BCUT2D eigenvalue weighted by Gasteiger charge is -2.07. The summed E-state index contributed by atoms with van der Waals surface area (Å²) in [6, 6.07) is 16.9. The lowest BCUT2D eigenvalue weighted by atomic mass is 10.0. The molecule has 0 amide bonds. The maximum Gasteiger partial charge on any atom is 0.401 e. The lowest BCUT2D eigenvalue weighted by Crippen LogP contribution is -2.00. The van der Waals surface area contributed by atoms with Gasteiger partial charge in [0.2, 0.25) is 0 Å². The molecule has 0 N–H and O–H groups in total. The highest BCUT2D eigenvalue weighted by Crippen LogP contribution is 2.31. The van der Waals surface area contributed by atoms with E-state index in [1.165, 1.54) is 0 Å². The molecule has 3 aromatic rings. The second kappa shape index (κ2) is 4.40. The van der Waals surface area contributed by atoms with E-state index in [9.17, 15) is 8.42 Å². The van der Waals surface area contributed by atoms with Gasteiger partial charge in [-0.05, 0) is 34.4 Å². The third kappa shape index (κ3) is 2.50. The fraction of sp³-hybridized carbons (Fsp3) is 0. The number of benzene rings is 3. The van der Waals surface area contributed by atoms with Crippen molar-refractivity contribution in [2.45, 2.75) is 0 Å². The van der Waals surface area contributed by atoms with Crippen molar-refractivity contribution in [3.05, 3.63) is 54.6 Å². The van der Waals surface area contributed by atoms with Gasteiger partial charge in [0.05, 0.1) is 10.7 Å². The summed E-state index contributed by atoms with van der Waals surface area (Å²) in [6.07, 6.45) is 0. The Balaban J connectivity index is 2.32. The van der Waals surface area contributed by atoms with Crippen LogP contribution >= 0.6 is 10.7 Å². The molecule has 19 heavy (non-hydrogen) atoms. The van der Waals surface area contributed by atoms with E-state index in [0.29, 0.717) is 5.39 Å². The Morgan fingerprint density at radius 3 is 2.16 bits per heavy atom. The second-order valence-corrected chi connectivity index (χ2v) is 6.24. The fourth-order valence-electron chi connectivity index (χ4n) is 2.12. The quantitative estimate of drug-likeness (QED) is 0.532. The molecule has 0 heterocycles. The summed E-state index contributed by atoms with van der Waals surface area (Å²) in [7, 11) is 1.09. The highest BCUT2D eigenvalue weighted by Gasteiger charge is 2.11. The van der Waals surface area contributed by atoms with E-state index in [-0.39, 0.29) is 5.75 Å². The SMILES string of the molecule is O=S(=O)(Cl)Oc1cccc2cc3ccccc3cc12. The number of hydrogen-bond donors (Lipinski definition) is 0. The number of fused-ring (bicyclic) bond motifs is 2. The van der Waals surface area contributed by atoms with Crippen molar-refractivity contribution < 1.29 is 12.6 Å². The standard InChI is InChI=1S/C14H9ClO3S/c15-19(16,17)18-14-7-3-6-12-8-10-4-1-2-5-11(10)9-13(12)14/h1-9H. The van der Waals surface area contributed by atoms with Gasteiger partial charge < -0.3 is 4.18 Å². The van der Waals surface area contributed by atoms with Crippen molar-refractivity contribution in [3.63, 3.8) is 0 Å². The van der Waals surface area contributed by atoms with E-state index in [4.69, 9.17) is 14.9 Å². The number of hydrogen-bond acceptors (Lipinski definition) is 3. The highest BCUT2D eigenvalue weighted by molar-refractivity contribution is 8.10. The van der Waals surface area contributed by atoms with Crippen LogP contribution in [0.2, 0.25) is 0 Å². The molecule has 0 aliphatic rings. The largest absolute Gasteiger partial charge is 0.401 e. The normalized spacial score (nSPS) is 11.8. The van der Waals surface area contributed by atoms with Crippen LogP contribution in [0, 0.1) is 0 Å². The molecule has 0 fully saturated rings. The maximum absolute atomic E-state index is 11.1. The first-order valence-corrected chi connectivity index (χ1v) is 7.82. The molecule has 0 unspecified atom stereocenters. The van der Waals surface area contributed by atoms with Crippen LogP contribution in [0.15, 0.2) is 54.6 Å².